The van der Waals surface area contributed by atoms with E-state index in [0.717, 1.165) is 16.1 Å². The van der Waals surface area contributed by atoms with Crippen LogP contribution in [0.3, 0.4) is 0 Å². The molecule has 0 aliphatic carbocycles. The molecule has 0 spiro atoms. The van der Waals surface area contributed by atoms with Gasteiger partial charge in [0, 0.05) is 28.0 Å². The highest BCUT2D eigenvalue weighted by molar-refractivity contribution is 7.80. The highest BCUT2D eigenvalue weighted by Gasteiger charge is 2.00. The van der Waals surface area contributed by atoms with Gasteiger partial charge in [0.05, 0.1) is 0 Å². The summed E-state index contributed by atoms with van der Waals surface area (Å²) in [5.74, 6) is 0. The summed E-state index contributed by atoms with van der Waals surface area (Å²) in [5.41, 5.74) is 8.19. The molecule has 0 atom stereocenters. The molecule has 3 heteroatoms. The summed E-state index contributed by atoms with van der Waals surface area (Å²) in [7, 11) is 0. The number of anilines is 1. The van der Waals surface area contributed by atoms with Gasteiger partial charge in [-0.25, -0.2) is 0 Å². The molecule has 0 saturated heterocycles. The van der Waals surface area contributed by atoms with E-state index in [4.69, 9.17) is 18.0 Å². The lowest BCUT2D eigenvalue weighted by molar-refractivity contribution is 1.20. The molecule has 2 nitrogen and oxygen atoms in total. The maximum Gasteiger partial charge on any atom is 0.0432 e. The van der Waals surface area contributed by atoms with Crippen molar-refractivity contribution in [3.63, 3.8) is 0 Å². The molecular formula is C8H10N2S. The van der Waals surface area contributed by atoms with Crippen molar-refractivity contribution in [1.29, 1.82) is 0 Å². The fourth-order valence-electron chi connectivity index (χ4n) is 0.875. The monoisotopic (exact) mass is 166 g/mol. The molecule has 58 valence electrons. The van der Waals surface area contributed by atoms with Crippen LogP contribution < -0.4 is 5.73 Å². The minimum Gasteiger partial charge on any atom is -0.398 e. The first-order chi connectivity index (χ1) is 5.11. The number of pyridine rings is 1. The second kappa shape index (κ2) is 2.96. The van der Waals surface area contributed by atoms with E-state index >= 15 is 0 Å². The lowest BCUT2D eigenvalue weighted by Gasteiger charge is -2.02. The Bertz CT molecular complexity index is 294. The molecule has 1 aromatic heterocycles. The van der Waals surface area contributed by atoms with Gasteiger partial charge in [-0.15, -0.1) is 0 Å². The van der Waals surface area contributed by atoms with Gasteiger partial charge in [-0.05, 0) is 19.9 Å². The molecule has 0 radical (unpaired) electrons. The summed E-state index contributed by atoms with van der Waals surface area (Å²) in [6.45, 7) is 3.75. The van der Waals surface area contributed by atoms with E-state index in [1.165, 1.54) is 0 Å². The second-order valence-corrected chi connectivity index (χ2v) is 3.08. The average molecular weight is 166 g/mol. The predicted molar refractivity (Wildman–Crippen MR) is 50.8 cm³/mol. The number of rotatable bonds is 1. The summed E-state index contributed by atoms with van der Waals surface area (Å²) in [6.07, 6.45) is 1.72. The number of hydrogen-bond acceptors (Lipinski definition) is 3. The molecule has 2 N–H and O–H groups in total. The van der Waals surface area contributed by atoms with Crippen LogP contribution in [0.5, 0.6) is 0 Å². The highest BCUT2D eigenvalue weighted by atomic mass is 32.1. The van der Waals surface area contributed by atoms with Crippen molar-refractivity contribution in [2.45, 2.75) is 13.8 Å². The van der Waals surface area contributed by atoms with Crippen LogP contribution in [0, 0.1) is 6.92 Å². The van der Waals surface area contributed by atoms with E-state index in [0.29, 0.717) is 5.69 Å². The largest absolute Gasteiger partial charge is 0.398 e. The molecule has 0 unspecified atom stereocenters. The van der Waals surface area contributed by atoms with Crippen LogP contribution in [-0.4, -0.2) is 9.85 Å². The number of nitrogen functional groups attached to an aromatic ring is 1. The van der Waals surface area contributed by atoms with Crippen molar-refractivity contribution in [1.82, 2.24) is 4.98 Å². The molecule has 0 aromatic carbocycles. The normalized spacial score (nSPS) is 9.64. The Morgan fingerprint density at radius 3 is 2.73 bits per heavy atom. The van der Waals surface area contributed by atoms with Gasteiger partial charge in [-0.1, -0.05) is 12.2 Å². The summed E-state index contributed by atoms with van der Waals surface area (Å²) in [6, 6.07) is 1.82. The zero-order valence-corrected chi connectivity index (χ0v) is 7.40. The predicted octanol–water partition coefficient (Wildman–Crippen LogP) is 1.71. The Morgan fingerprint density at radius 1 is 1.64 bits per heavy atom. The first-order valence-electron chi connectivity index (χ1n) is 3.34. The van der Waals surface area contributed by atoms with Gasteiger partial charge in [-0.3, -0.25) is 4.98 Å². The van der Waals surface area contributed by atoms with Gasteiger partial charge in [0.25, 0.3) is 0 Å². The first kappa shape index (κ1) is 8.14. The number of hydrogen-bond donors (Lipinski definition) is 1. The molecule has 1 aromatic rings. The van der Waals surface area contributed by atoms with Gasteiger partial charge < -0.3 is 5.73 Å². The maximum absolute atomic E-state index is 5.69. The zero-order valence-electron chi connectivity index (χ0n) is 6.59. The Labute approximate surface area is 71.4 Å². The molecule has 11 heavy (non-hydrogen) atoms. The van der Waals surface area contributed by atoms with Crippen molar-refractivity contribution in [3.05, 3.63) is 23.5 Å². The third kappa shape index (κ3) is 1.74. The van der Waals surface area contributed by atoms with Gasteiger partial charge in [0.1, 0.15) is 0 Å². The van der Waals surface area contributed by atoms with Crippen molar-refractivity contribution in [3.8, 4) is 0 Å². The standard InChI is InChI=1S/C8H10N2S/c1-5-3-8(9)7(4-10-5)6(2)11/h3-4H,1-2H3,(H2,9,10). The minimum atomic E-state index is 0.713. The molecule has 0 bridgehead atoms. The summed E-state index contributed by atoms with van der Waals surface area (Å²) in [4.78, 5) is 4.88. The fourth-order valence-corrected chi connectivity index (χ4v) is 1.05. The van der Waals surface area contributed by atoms with E-state index in [1.54, 1.807) is 6.20 Å². The minimum absolute atomic E-state index is 0.713. The molecule has 0 fully saturated rings. The summed E-state index contributed by atoms with van der Waals surface area (Å²) >= 11 is 4.97. The van der Waals surface area contributed by atoms with Crippen molar-refractivity contribution in [2.75, 3.05) is 5.73 Å². The van der Waals surface area contributed by atoms with Gasteiger partial charge in [0.15, 0.2) is 0 Å². The lowest BCUT2D eigenvalue weighted by Crippen LogP contribution is -2.00. The molecule has 0 aliphatic heterocycles. The number of nitrogens with two attached hydrogens (primary N) is 1. The highest BCUT2D eigenvalue weighted by Crippen LogP contribution is 2.11. The summed E-state index contributed by atoms with van der Waals surface area (Å²) < 4.78 is 0. The molecule has 0 aliphatic rings. The van der Waals surface area contributed by atoms with Gasteiger partial charge in [-0.2, -0.15) is 0 Å². The second-order valence-electron chi connectivity index (χ2n) is 2.47. The van der Waals surface area contributed by atoms with Crippen molar-refractivity contribution >= 4 is 22.8 Å². The molecular weight excluding hydrogens is 156 g/mol. The van der Waals surface area contributed by atoms with Crippen molar-refractivity contribution in [2.24, 2.45) is 0 Å². The van der Waals surface area contributed by atoms with E-state index < -0.39 is 0 Å². The van der Waals surface area contributed by atoms with Crippen LogP contribution in [0.2, 0.25) is 0 Å². The van der Waals surface area contributed by atoms with Crippen LogP contribution >= 0.6 is 12.2 Å². The number of thiocarbonyl (C=S) groups is 1. The molecule has 1 rings (SSSR count). The SMILES string of the molecule is CC(=S)c1cnc(C)cc1N. The van der Waals surface area contributed by atoms with Crippen LogP contribution in [0.4, 0.5) is 5.69 Å². The Kier molecular flexibility index (Phi) is 2.19. The average Bonchev–Trinajstić information content (AvgIpc) is 1.85. The number of nitrogens with zero attached hydrogens (tertiary/aromatic N) is 1. The Balaban J connectivity index is 3.20. The topological polar surface area (TPSA) is 38.9 Å². The fraction of sp³-hybridized carbons (Fsp3) is 0.250. The van der Waals surface area contributed by atoms with Crippen LogP contribution in [0.25, 0.3) is 0 Å². The van der Waals surface area contributed by atoms with Crippen LogP contribution in [-0.2, 0) is 0 Å². The number of aromatic nitrogens is 1. The van der Waals surface area contributed by atoms with E-state index in [1.807, 2.05) is 19.9 Å². The molecule has 0 amide bonds. The van der Waals surface area contributed by atoms with E-state index in [9.17, 15) is 0 Å². The van der Waals surface area contributed by atoms with Crippen LogP contribution in [0.15, 0.2) is 12.3 Å². The first-order valence-corrected chi connectivity index (χ1v) is 3.75. The third-order valence-corrected chi connectivity index (χ3v) is 1.67. The van der Waals surface area contributed by atoms with Crippen molar-refractivity contribution < 1.29 is 0 Å². The van der Waals surface area contributed by atoms with Gasteiger partial charge >= 0.3 is 0 Å². The quantitative estimate of drug-likeness (QED) is 0.510. The van der Waals surface area contributed by atoms with Crippen LogP contribution in [0.1, 0.15) is 18.2 Å². The van der Waals surface area contributed by atoms with Gasteiger partial charge in [0.2, 0.25) is 0 Å². The molecule has 1 heterocycles. The zero-order chi connectivity index (χ0) is 8.43. The Morgan fingerprint density at radius 2 is 2.27 bits per heavy atom. The Hall–Kier alpha value is -0.960. The van der Waals surface area contributed by atoms with E-state index in [-0.39, 0.29) is 0 Å². The summed E-state index contributed by atoms with van der Waals surface area (Å²) in [5, 5.41) is 0. The third-order valence-electron chi connectivity index (χ3n) is 1.45. The van der Waals surface area contributed by atoms with E-state index in [2.05, 4.69) is 4.98 Å². The smallest absolute Gasteiger partial charge is 0.0432 e. The lowest BCUT2D eigenvalue weighted by atomic mass is 10.2. The number of aryl methyl sites for hydroxylation is 1. The molecule has 0 saturated carbocycles. The maximum atomic E-state index is 5.69.